The van der Waals surface area contributed by atoms with E-state index in [9.17, 15) is 4.79 Å². The lowest BCUT2D eigenvalue weighted by molar-refractivity contribution is -0.127. The Morgan fingerprint density at radius 1 is 1.22 bits per heavy atom. The lowest BCUT2D eigenvalue weighted by atomic mass is 9.97. The number of aromatic nitrogens is 1. The standard InChI is InChI=1S/C26H30ClN3O2/c1-3-19-10-12-20(13-11-19)26-29-24(18(2)32-26)17-30-14-6-8-22(16-30)25(31)28-15-21-7-4-5-9-23(21)27/h4-5,7,9-13,22H,3,6,8,14-17H2,1-2H3,(H,28,31)/t22-/m1/s1. The van der Waals surface area contributed by atoms with Crippen LogP contribution in [0.4, 0.5) is 0 Å². The fourth-order valence-electron chi connectivity index (χ4n) is 4.17. The highest BCUT2D eigenvalue weighted by molar-refractivity contribution is 6.31. The number of benzene rings is 2. The van der Waals surface area contributed by atoms with Gasteiger partial charge in [0.15, 0.2) is 0 Å². The van der Waals surface area contributed by atoms with Crippen LogP contribution >= 0.6 is 11.6 Å². The summed E-state index contributed by atoms with van der Waals surface area (Å²) in [5.41, 5.74) is 4.17. The summed E-state index contributed by atoms with van der Waals surface area (Å²) in [5, 5.41) is 3.74. The molecule has 1 fully saturated rings. The van der Waals surface area contributed by atoms with Crippen molar-refractivity contribution in [3.63, 3.8) is 0 Å². The van der Waals surface area contributed by atoms with Crippen LogP contribution in [-0.2, 0) is 24.3 Å². The molecule has 0 spiro atoms. The summed E-state index contributed by atoms with van der Waals surface area (Å²) in [5.74, 6) is 1.55. The molecule has 1 amide bonds. The predicted octanol–water partition coefficient (Wildman–Crippen LogP) is 5.39. The second kappa shape index (κ2) is 10.3. The Morgan fingerprint density at radius 3 is 2.75 bits per heavy atom. The van der Waals surface area contributed by atoms with Crippen LogP contribution in [-0.4, -0.2) is 28.9 Å². The Kier molecular flexibility index (Phi) is 7.28. The van der Waals surface area contributed by atoms with Crippen LogP contribution in [0.5, 0.6) is 0 Å². The maximum absolute atomic E-state index is 12.8. The first-order valence-corrected chi connectivity index (χ1v) is 11.7. The van der Waals surface area contributed by atoms with Gasteiger partial charge in [-0.25, -0.2) is 4.98 Å². The maximum Gasteiger partial charge on any atom is 0.226 e. The molecule has 32 heavy (non-hydrogen) atoms. The number of halogens is 1. The Balaban J connectivity index is 1.36. The van der Waals surface area contributed by atoms with E-state index < -0.39 is 0 Å². The number of rotatable bonds is 7. The lowest BCUT2D eigenvalue weighted by Crippen LogP contribution is -2.42. The van der Waals surface area contributed by atoms with E-state index in [0.717, 1.165) is 54.9 Å². The third-order valence-corrected chi connectivity index (χ3v) is 6.53. The van der Waals surface area contributed by atoms with Crippen molar-refractivity contribution in [3.05, 3.63) is 76.1 Å². The Morgan fingerprint density at radius 2 is 2.00 bits per heavy atom. The van der Waals surface area contributed by atoms with Gasteiger partial charge in [-0.05, 0) is 62.1 Å². The zero-order valence-electron chi connectivity index (χ0n) is 18.7. The van der Waals surface area contributed by atoms with E-state index in [-0.39, 0.29) is 11.8 Å². The van der Waals surface area contributed by atoms with Crippen LogP contribution < -0.4 is 5.32 Å². The van der Waals surface area contributed by atoms with Crippen LogP contribution in [0.1, 0.15) is 42.3 Å². The zero-order chi connectivity index (χ0) is 22.5. The first kappa shape index (κ1) is 22.6. The molecule has 5 nitrogen and oxygen atoms in total. The van der Waals surface area contributed by atoms with Crippen molar-refractivity contribution < 1.29 is 9.21 Å². The third kappa shape index (κ3) is 5.40. The van der Waals surface area contributed by atoms with E-state index in [1.54, 1.807) is 0 Å². The van der Waals surface area contributed by atoms with Gasteiger partial charge in [0.1, 0.15) is 5.76 Å². The van der Waals surface area contributed by atoms with Crippen molar-refractivity contribution in [1.82, 2.24) is 15.2 Å². The number of nitrogens with one attached hydrogen (secondary N) is 1. The minimum Gasteiger partial charge on any atom is -0.441 e. The molecule has 1 aromatic heterocycles. The van der Waals surface area contributed by atoms with Gasteiger partial charge in [-0.2, -0.15) is 0 Å². The Hall–Kier alpha value is -2.63. The number of oxazole rings is 1. The predicted molar refractivity (Wildman–Crippen MR) is 127 cm³/mol. The minimum atomic E-state index is -0.0282. The van der Waals surface area contributed by atoms with Crippen molar-refractivity contribution in [2.24, 2.45) is 5.92 Å². The molecule has 1 saturated heterocycles. The van der Waals surface area contributed by atoms with Gasteiger partial charge in [-0.1, -0.05) is 48.9 Å². The highest BCUT2D eigenvalue weighted by atomic mass is 35.5. The van der Waals surface area contributed by atoms with Gasteiger partial charge in [-0.3, -0.25) is 9.69 Å². The highest BCUT2D eigenvalue weighted by Crippen LogP contribution is 2.25. The van der Waals surface area contributed by atoms with E-state index in [0.29, 0.717) is 24.0 Å². The molecule has 2 heterocycles. The fraction of sp³-hybridized carbons (Fsp3) is 0.385. The largest absolute Gasteiger partial charge is 0.441 e. The number of carbonyl (C=O) groups excluding carboxylic acids is 1. The molecule has 6 heteroatoms. The monoisotopic (exact) mass is 451 g/mol. The lowest BCUT2D eigenvalue weighted by Gasteiger charge is -2.31. The smallest absolute Gasteiger partial charge is 0.226 e. The van der Waals surface area contributed by atoms with Crippen LogP contribution in [0.25, 0.3) is 11.5 Å². The summed E-state index contributed by atoms with van der Waals surface area (Å²) in [4.78, 5) is 19.8. The van der Waals surface area contributed by atoms with E-state index >= 15 is 0 Å². The summed E-state index contributed by atoms with van der Waals surface area (Å²) < 4.78 is 5.96. The van der Waals surface area contributed by atoms with Crippen LogP contribution in [0.3, 0.4) is 0 Å². The molecular weight excluding hydrogens is 422 g/mol. The molecule has 1 aliphatic rings. The van der Waals surface area contributed by atoms with Gasteiger partial charge in [0.25, 0.3) is 0 Å². The molecule has 0 aliphatic carbocycles. The first-order valence-electron chi connectivity index (χ1n) is 11.3. The van der Waals surface area contributed by atoms with Crippen molar-refractivity contribution in [2.75, 3.05) is 13.1 Å². The molecule has 3 aromatic rings. The Bertz CT molecular complexity index is 1060. The molecular formula is C26H30ClN3O2. The summed E-state index contributed by atoms with van der Waals surface area (Å²) in [6.45, 7) is 6.94. The molecule has 1 N–H and O–H groups in total. The molecule has 168 valence electrons. The second-order valence-corrected chi connectivity index (χ2v) is 8.86. The SMILES string of the molecule is CCc1ccc(-c2nc(CN3CCC[C@@H](C(=O)NCc4ccccc4Cl)C3)c(C)o2)cc1. The quantitative estimate of drug-likeness (QED) is 0.523. The molecule has 1 atom stereocenters. The zero-order valence-corrected chi connectivity index (χ0v) is 19.5. The van der Waals surface area contributed by atoms with Gasteiger partial charge in [0.05, 0.1) is 11.6 Å². The van der Waals surface area contributed by atoms with E-state index in [1.807, 2.05) is 31.2 Å². The molecule has 0 saturated carbocycles. The number of carbonyl (C=O) groups is 1. The summed E-state index contributed by atoms with van der Waals surface area (Å²) in [6.07, 6.45) is 2.91. The number of aryl methyl sites for hydroxylation is 2. The Labute approximate surface area is 194 Å². The molecule has 4 rings (SSSR count). The van der Waals surface area contributed by atoms with Crippen LogP contribution in [0.15, 0.2) is 52.9 Å². The van der Waals surface area contributed by atoms with Crippen molar-refractivity contribution >= 4 is 17.5 Å². The summed E-state index contributed by atoms with van der Waals surface area (Å²) in [6, 6.07) is 16.0. The number of piperidine rings is 1. The van der Waals surface area contributed by atoms with E-state index in [2.05, 4.69) is 41.4 Å². The fourth-order valence-corrected chi connectivity index (χ4v) is 4.38. The number of likely N-dealkylation sites (tertiary alicyclic amines) is 1. The van der Waals surface area contributed by atoms with Gasteiger partial charge >= 0.3 is 0 Å². The van der Waals surface area contributed by atoms with Gasteiger partial charge in [-0.15, -0.1) is 0 Å². The molecule has 0 unspecified atom stereocenters. The first-order chi connectivity index (χ1) is 15.5. The number of amides is 1. The third-order valence-electron chi connectivity index (χ3n) is 6.16. The van der Waals surface area contributed by atoms with Crippen molar-refractivity contribution in [3.8, 4) is 11.5 Å². The van der Waals surface area contributed by atoms with E-state index in [4.69, 9.17) is 21.0 Å². The topological polar surface area (TPSA) is 58.4 Å². The average Bonchev–Trinajstić information content (AvgIpc) is 3.18. The highest BCUT2D eigenvalue weighted by Gasteiger charge is 2.27. The molecule has 1 aliphatic heterocycles. The van der Waals surface area contributed by atoms with Crippen molar-refractivity contribution in [1.29, 1.82) is 0 Å². The van der Waals surface area contributed by atoms with Crippen molar-refractivity contribution in [2.45, 2.75) is 46.2 Å². The summed E-state index contributed by atoms with van der Waals surface area (Å²) in [7, 11) is 0. The molecule has 0 radical (unpaired) electrons. The molecule has 2 aromatic carbocycles. The van der Waals surface area contributed by atoms with Gasteiger partial charge in [0, 0.05) is 30.2 Å². The number of nitrogens with zero attached hydrogens (tertiary/aromatic N) is 2. The minimum absolute atomic E-state index is 0.0282. The maximum atomic E-state index is 12.8. The number of hydrogen-bond acceptors (Lipinski definition) is 4. The molecule has 0 bridgehead atoms. The summed E-state index contributed by atoms with van der Waals surface area (Å²) >= 11 is 6.21. The van der Waals surface area contributed by atoms with Gasteiger partial charge < -0.3 is 9.73 Å². The normalized spacial score (nSPS) is 16.8. The van der Waals surface area contributed by atoms with Crippen LogP contribution in [0.2, 0.25) is 5.02 Å². The van der Waals surface area contributed by atoms with Crippen LogP contribution in [0, 0.1) is 12.8 Å². The van der Waals surface area contributed by atoms with E-state index in [1.165, 1.54) is 5.56 Å². The van der Waals surface area contributed by atoms with Gasteiger partial charge in [0.2, 0.25) is 11.8 Å². The second-order valence-electron chi connectivity index (χ2n) is 8.46. The average molecular weight is 452 g/mol. The number of hydrogen-bond donors (Lipinski definition) is 1.